The number of hydrogen-bond donors (Lipinski definition) is 2. The van der Waals surface area contributed by atoms with Crippen LogP contribution in [0.3, 0.4) is 0 Å². The number of rotatable bonds is 3. The van der Waals surface area contributed by atoms with Crippen molar-refractivity contribution in [3.63, 3.8) is 0 Å². The highest BCUT2D eigenvalue weighted by Crippen LogP contribution is 2.65. The Bertz CT molecular complexity index is 1090. The molecule has 0 spiro atoms. The highest BCUT2D eigenvalue weighted by atomic mass is 16.4. The highest BCUT2D eigenvalue weighted by Gasteiger charge is 2.58. The van der Waals surface area contributed by atoms with E-state index in [2.05, 4.69) is 24.0 Å². The monoisotopic (exact) mass is 455 g/mol. The van der Waals surface area contributed by atoms with Gasteiger partial charge in [-0.3, -0.25) is 0 Å². The second-order valence-corrected chi connectivity index (χ2v) is 11.5. The SMILES string of the molecule is C[C@]12CC3CC(N)(C1)C[C@@](C)(C3)C2.O=C(O)c1c(-c2ccccc2)cnnc1-c1ccccc1. The third-order valence-corrected chi connectivity index (χ3v) is 7.87. The molecule has 0 aliphatic heterocycles. The van der Waals surface area contributed by atoms with Crippen molar-refractivity contribution < 1.29 is 9.90 Å². The fourth-order valence-electron chi connectivity index (χ4n) is 7.77. The molecule has 0 saturated heterocycles. The Labute approximate surface area is 201 Å². The van der Waals surface area contributed by atoms with Crippen molar-refractivity contribution in [3.8, 4) is 22.4 Å². The van der Waals surface area contributed by atoms with Crippen LogP contribution in [0.2, 0.25) is 0 Å². The molecule has 4 fully saturated rings. The van der Waals surface area contributed by atoms with E-state index in [9.17, 15) is 9.90 Å². The molecule has 5 heteroatoms. The Morgan fingerprint density at radius 3 is 1.94 bits per heavy atom. The summed E-state index contributed by atoms with van der Waals surface area (Å²) < 4.78 is 0. The molecule has 4 aliphatic rings. The molecule has 2 aromatic carbocycles. The van der Waals surface area contributed by atoms with Crippen LogP contribution in [0, 0.1) is 16.7 Å². The number of hydrogen-bond acceptors (Lipinski definition) is 4. The summed E-state index contributed by atoms with van der Waals surface area (Å²) in [5.41, 5.74) is 10.6. The van der Waals surface area contributed by atoms with Crippen LogP contribution in [-0.4, -0.2) is 26.8 Å². The van der Waals surface area contributed by atoms with E-state index in [1.165, 1.54) is 44.7 Å². The molecule has 7 rings (SSSR count). The summed E-state index contributed by atoms with van der Waals surface area (Å²) in [6.45, 7) is 4.94. The average Bonchev–Trinajstić information content (AvgIpc) is 2.77. The molecule has 3 aromatic rings. The number of carbonyl (C=O) groups is 1. The maximum absolute atomic E-state index is 11.7. The van der Waals surface area contributed by atoms with Crippen LogP contribution in [-0.2, 0) is 0 Å². The smallest absolute Gasteiger partial charge is 0.338 e. The molecule has 3 N–H and O–H groups in total. The molecular weight excluding hydrogens is 422 g/mol. The molecule has 0 amide bonds. The van der Waals surface area contributed by atoms with E-state index in [-0.39, 0.29) is 11.1 Å². The maximum Gasteiger partial charge on any atom is 0.338 e. The largest absolute Gasteiger partial charge is 0.478 e. The lowest BCUT2D eigenvalue weighted by Gasteiger charge is -2.64. The number of nitrogens with two attached hydrogens (primary N) is 1. The van der Waals surface area contributed by atoms with Gasteiger partial charge >= 0.3 is 5.97 Å². The van der Waals surface area contributed by atoms with Crippen LogP contribution in [0.25, 0.3) is 22.4 Å². The predicted molar refractivity (Wildman–Crippen MR) is 134 cm³/mol. The molecule has 4 atom stereocenters. The third kappa shape index (κ3) is 4.37. The van der Waals surface area contributed by atoms with Gasteiger partial charge in [-0.2, -0.15) is 5.10 Å². The van der Waals surface area contributed by atoms with E-state index >= 15 is 0 Å². The quantitative estimate of drug-likeness (QED) is 0.491. The van der Waals surface area contributed by atoms with Crippen molar-refractivity contribution >= 4 is 5.97 Å². The first-order valence-electron chi connectivity index (χ1n) is 12.2. The number of aromatic carboxylic acids is 1. The lowest BCUT2D eigenvalue weighted by atomic mass is 9.43. The molecule has 4 bridgehead atoms. The summed E-state index contributed by atoms with van der Waals surface area (Å²) in [5.74, 6) is -0.0566. The minimum absolute atomic E-state index is 0.169. The summed E-state index contributed by atoms with van der Waals surface area (Å²) in [4.78, 5) is 11.7. The summed E-state index contributed by atoms with van der Waals surface area (Å²) in [7, 11) is 0. The van der Waals surface area contributed by atoms with Gasteiger partial charge in [-0.25, -0.2) is 4.79 Å². The molecule has 5 nitrogen and oxygen atoms in total. The minimum atomic E-state index is -1.01. The third-order valence-electron chi connectivity index (χ3n) is 7.87. The number of carboxylic acids is 1. The zero-order chi connectivity index (χ0) is 24.0. The molecule has 4 aliphatic carbocycles. The summed E-state index contributed by atoms with van der Waals surface area (Å²) >= 11 is 0. The molecule has 0 radical (unpaired) electrons. The Morgan fingerprint density at radius 2 is 1.44 bits per heavy atom. The second-order valence-electron chi connectivity index (χ2n) is 11.5. The van der Waals surface area contributed by atoms with Gasteiger partial charge < -0.3 is 10.8 Å². The van der Waals surface area contributed by atoms with Gasteiger partial charge in [-0.15, -0.1) is 5.10 Å². The van der Waals surface area contributed by atoms with Crippen LogP contribution in [0.15, 0.2) is 66.9 Å². The lowest BCUT2D eigenvalue weighted by molar-refractivity contribution is -0.104. The Morgan fingerprint density at radius 1 is 0.882 bits per heavy atom. The standard InChI is InChI=1S/C17H12N2O2.C12H21N/c20-17(21)15-14(12-7-3-1-4-8-12)11-18-19-16(15)13-9-5-2-6-10-13;1-10-3-9-4-11(2,6-10)8-12(13,5-9)7-10/h1-11H,(H,20,21);9H,3-8,13H2,1-2H3/t;9?,10-,11+,12?. The molecule has 1 heterocycles. The summed E-state index contributed by atoms with van der Waals surface area (Å²) in [5, 5.41) is 17.6. The van der Waals surface area contributed by atoms with Crippen molar-refractivity contribution in [2.45, 2.75) is 57.9 Å². The second kappa shape index (κ2) is 8.31. The first kappa shape index (κ1) is 22.7. The summed E-state index contributed by atoms with van der Waals surface area (Å²) in [6, 6.07) is 18.5. The van der Waals surface area contributed by atoms with Crippen LogP contribution in [0.1, 0.15) is 62.7 Å². The Balaban J connectivity index is 0.000000157. The normalized spacial score (nSPS) is 31.0. The number of aromatic nitrogens is 2. The van der Waals surface area contributed by atoms with Crippen LogP contribution in [0.5, 0.6) is 0 Å². The van der Waals surface area contributed by atoms with Gasteiger partial charge in [0.25, 0.3) is 0 Å². The van der Waals surface area contributed by atoms with Crippen LogP contribution >= 0.6 is 0 Å². The Kier molecular flexibility index (Phi) is 5.56. The topological polar surface area (TPSA) is 89.1 Å². The number of carboxylic acid groups (broad SMARTS) is 1. The van der Waals surface area contributed by atoms with Gasteiger partial charge in [-0.05, 0) is 60.8 Å². The molecule has 4 saturated carbocycles. The first-order valence-corrected chi connectivity index (χ1v) is 12.2. The van der Waals surface area contributed by atoms with E-state index in [1.807, 2.05) is 60.7 Å². The van der Waals surface area contributed by atoms with Crippen molar-refractivity contribution in [1.82, 2.24) is 10.2 Å². The van der Waals surface area contributed by atoms with Gasteiger partial charge in [0, 0.05) is 16.7 Å². The van der Waals surface area contributed by atoms with Gasteiger partial charge in [0.15, 0.2) is 0 Å². The fourth-order valence-corrected chi connectivity index (χ4v) is 7.77. The average molecular weight is 456 g/mol. The minimum Gasteiger partial charge on any atom is -0.478 e. The van der Waals surface area contributed by atoms with Crippen molar-refractivity contribution in [2.24, 2.45) is 22.5 Å². The van der Waals surface area contributed by atoms with Crippen LogP contribution < -0.4 is 5.73 Å². The van der Waals surface area contributed by atoms with Gasteiger partial charge in [0.2, 0.25) is 0 Å². The lowest BCUT2D eigenvalue weighted by Crippen LogP contribution is -2.62. The van der Waals surface area contributed by atoms with E-state index in [1.54, 1.807) is 0 Å². The Hall–Kier alpha value is -3.05. The van der Waals surface area contributed by atoms with Gasteiger partial charge in [0.05, 0.1) is 11.8 Å². The van der Waals surface area contributed by atoms with Crippen molar-refractivity contribution in [2.75, 3.05) is 0 Å². The number of benzene rings is 2. The molecule has 176 valence electrons. The molecule has 1 aromatic heterocycles. The van der Waals surface area contributed by atoms with E-state index in [4.69, 9.17) is 5.73 Å². The van der Waals surface area contributed by atoms with Crippen molar-refractivity contribution in [1.29, 1.82) is 0 Å². The molecular formula is C29H33N3O2. The van der Waals surface area contributed by atoms with E-state index in [0.29, 0.717) is 22.1 Å². The molecule has 2 unspecified atom stereocenters. The zero-order valence-corrected chi connectivity index (χ0v) is 20.0. The van der Waals surface area contributed by atoms with E-state index in [0.717, 1.165) is 17.0 Å². The van der Waals surface area contributed by atoms with E-state index < -0.39 is 5.97 Å². The number of nitrogens with zero attached hydrogens (tertiary/aromatic N) is 2. The summed E-state index contributed by atoms with van der Waals surface area (Å²) in [6.07, 6.45) is 9.76. The molecule has 34 heavy (non-hydrogen) atoms. The van der Waals surface area contributed by atoms with Gasteiger partial charge in [0.1, 0.15) is 5.69 Å². The van der Waals surface area contributed by atoms with Crippen molar-refractivity contribution in [3.05, 3.63) is 72.4 Å². The van der Waals surface area contributed by atoms with Gasteiger partial charge in [-0.1, -0.05) is 74.5 Å². The first-order chi connectivity index (χ1) is 16.2. The fraction of sp³-hybridized carbons (Fsp3) is 0.414. The highest BCUT2D eigenvalue weighted by molar-refractivity contribution is 6.01. The predicted octanol–water partition coefficient (Wildman–Crippen LogP) is 6.20. The zero-order valence-electron chi connectivity index (χ0n) is 20.0. The van der Waals surface area contributed by atoms with Crippen LogP contribution in [0.4, 0.5) is 0 Å². The maximum atomic E-state index is 11.7.